The van der Waals surface area contributed by atoms with Crippen molar-refractivity contribution in [1.29, 1.82) is 0 Å². The number of hydrogen-bond donors (Lipinski definition) is 1. The number of fused-ring (bicyclic) bond motifs is 1. The van der Waals surface area contributed by atoms with Gasteiger partial charge in [-0.2, -0.15) is 0 Å². The van der Waals surface area contributed by atoms with E-state index < -0.39 is 0 Å². The second-order valence-electron chi connectivity index (χ2n) is 4.96. The van der Waals surface area contributed by atoms with Crippen molar-refractivity contribution in [2.75, 3.05) is 19.8 Å². The van der Waals surface area contributed by atoms with Crippen LogP contribution in [0, 0.1) is 5.82 Å². The number of ether oxygens (including phenoxy) is 1. The summed E-state index contributed by atoms with van der Waals surface area (Å²) in [6.45, 7) is 2.12. The maximum absolute atomic E-state index is 14.1. The third kappa shape index (κ3) is 2.86. The number of nitrogens with zero attached hydrogens (tertiary/aromatic N) is 2. The maximum Gasteiger partial charge on any atom is 0.144 e. The predicted molar refractivity (Wildman–Crippen MR) is 85.0 cm³/mol. The molecule has 0 amide bonds. The average molecular weight is 299 g/mol. The molecule has 3 rings (SSSR count). The smallest absolute Gasteiger partial charge is 0.144 e. The predicted octanol–water partition coefficient (Wildman–Crippen LogP) is 2.82. The lowest BCUT2D eigenvalue weighted by Crippen LogP contribution is -2.13. The van der Waals surface area contributed by atoms with Gasteiger partial charge >= 0.3 is 0 Å². The Labute approximate surface area is 128 Å². The van der Waals surface area contributed by atoms with Gasteiger partial charge in [0.15, 0.2) is 0 Å². The second kappa shape index (κ2) is 6.68. The third-order valence-corrected chi connectivity index (χ3v) is 3.49. The van der Waals surface area contributed by atoms with Gasteiger partial charge in [0.1, 0.15) is 11.6 Å². The topological polar surface area (TPSA) is 53.1 Å². The Bertz CT molecular complexity index is 769. The van der Waals surface area contributed by atoms with Gasteiger partial charge in [-0.15, -0.1) is 0 Å². The van der Waals surface area contributed by atoms with Crippen LogP contribution >= 0.6 is 0 Å². The van der Waals surface area contributed by atoms with Crippen LogP contribution in [0.5, 0.6) is 0 Å². The zero-order valence-corrected chi connectivity index (χ0v) is 12.2. The van der Waals surface area contributed by atoms with Crippen LogP contribution in [-0.2, 0) is 11.3 Å². The number of benzene rings is 2. The highest BCUT2D eigenvalue weighted by Gasteiger charge is 2.15. The number of hydrogen-bond acceptors (Lipinski definition) is 3. The lowest BCUT2D eigenvalue weighted by molar-refractivity contribution is 0.134. The van der Waals surface area contributed by atoms with Crippen molar-refractivity contribution in [2.45, 2.75) is 6.54 Å². The molecule has 22 heavy (non-hydrogen) atoms. The number of halogens is 1. The van der Waals surface area contributed by atoms with Crippen LogP contribution in [0.4, 0.5) is 4.39 Å². The summed E-state index contributed by atoms with van der Waals surface area (Å²) in [4.78, 5) is 4.59. The van der Waals surface area contributed by atoms with Gasteiger partial charge in [-0.25, -0.2) is 9.37 Å². The van der Waals surface area contributed by atoms with E-state index in [4.69, 9.17) is 10.5 Å². The van der Waals surface area contributed by atoms with E-state index in [1.807, 2.05) is 34.9 Å². The molecule has 1 aromatic heterocycles. The van der Waals surface area contributed by atoms with Crippen molar-refractivity contribution < 1.29 is 9.13 Å². The van der Waals surface area contributed by atoms with Crippen LogP contribution in [0.15, 0.2) is 48.5 Å². The molecule has 0 aliphatic rings. The molecule has 0 bridgehead atoms. The van der Waals surface area contributed by atoms with Crippen LogP contribution in [0.3, 0.4) is 0 Å². The van der Waals surface area contributed by atoms with Gasteiger partial charge < -0.3 is 15.0 Å². The molecule has 0 unspecified atom stereocenters. The minimum Gasteiger partial charge on any atom is -0.378 e. The Morgan fingerprint density at radius 1 is 1.05 bits per heavy atom. The summed E-state index contributed by atoms with van der Waals surface area (Å²) in [5, 5.41) is 0. The Morgan fingerprint density at radius 3 is 2.64 bits per heavy atom. The Hall–Kier alpha value is -2.24. The molecule has 0 fully saturated rings. The highest BCUT2D eigenvalue weighted by Crippen LogP contribution is 2.26. The first-order valence-corrected chi connectivity index (χ1v) is 7.29. The molecule has 2 aromatic carbocycles. The third-order valence-electron chi connectivity index (χ3n) is 3.49. The summed E-state index contributed by atoms with van der Waals surface area (Å²) in [5.74, 6) is 0.345. The summed E-state index contributed by atoms with van der Waals surface area (Å²) < 4.78 is 21.6. The minimum atomic E-state index is -0.276. The number of imidazole rings is 1. The van der Waals surface area contributed by atoms with Crippen molar-refractivity contribution >= 4 is 11.0 Å². The normalized spacial score (nSPS) is 11.2. The Morgan fingerprint density at radius 2 is 1.82 bits per heavy atom. The van der Waals surface area contributed by atoms with E-state index in [0.29, 0.717) is 37.7 Å². The fraction of sp³-hybridized carbons (Fsp3) is 0.235. The van der Waals surface area contributed by atoms with Gasteiger partial charge in [0, 0.05) is 13.1 Å². The molecule has 0 aliphatic heterocycles. The zero-order chi connectivity index (χ0) is 15.4. The lowest BCUT2D eigenvalue weighted by atomic mass is 10.2. The number of para-hydroxylation sites is 2. The first-order chi connectivity index (χ1) is 10.8. The monoisotopic (exact) mass is 299 g/mol. The molecule has 0 spiro atoms. The molecule has 0 saturated carbocycles. The van der Waals surface area contributed by atoms with E-state index >= 15 is 0 Å². The van der Waals surface area contributed by atoms with E-state index in [2.05, 4.69) is 4.98 Å². The van der Waals surface area contributed by atoms with Crippen molar-refractivity contribution in [3.8, 4) is 11.4 Å². The Kier molecular flexibility index (Phi) is 4.46. The van der Waals surface area contributed by atoms with Crippen LogP contribution < -0.4 is 5.73 Å². The molecule has 0 saturated heterocycles. The molecular weight excluding hydrogens is 281 g/mol. The largest absolute Gasteiger partial charge is 0.378 e. The first kappa shape index (κ1) is 14.7. The first-order valence-electron chi connectivity index (χ1n) is 7.29. The number of nitrogens with two attached hydrogens (primary N) is 1. The summed E-state index contributed by atoms with van der Waals surface area (Å²) in [7, 11) is 0. The number of aromatic nitrogens is 2. The molecule has 3 aromatic rings. The van der Waals surface area contributed by atoms with Crippen LogP contribution in [0.1, 0.15) is 0 Å². The fourth-order valence-corrected chi connectivity index (χ4v) is 2.49. The van der Waals surface area contributed by atoms with E-state index in [9.17, 15) is 4.39 Å². The average Bonchev–Trinajstić information content (AvgIpc) is 2.90. The maximum atomic E-state index is 14.1. The minimum absolute atomic E-state index is 0.276. The van der Waals surface area contributed by atoms with Gasteiger partial charge in [-0.05, 0) is 24.3 Å². The molecule has 5 heteroatoms. The molecule has 1 heterocycles. The summed E-state index contributed by atoms with van der Waals surface area (Å²) in [6.07, 6.45) is 0. The summed E-state index contributed by atoms with van der Waals surface area (Å²) in [5.41, 5.74) is 7.74. The molecule has 0 radical (unpaired) electrons. The van der Waals surface area contributed by atoms with Gasteiger partial charge in [0.2, 0.25) is 0 Å². The van der Waals surface area contributed by atoms with Crippen molar-refractivity contribution in [3.05, 3.63) is 54.3 Å². The Balaban J connectivity index is 2.03. The molecular formula is C17H18FN3O. The van der Waals surface area contributed by atoms with Crippen LogP contribution in [0.2, 0.25) is 0 Å². The summed E-state index contributed by atoms with van der Waals surface area (Å²) in [6, 6.07) is 14.5. The number of rotatable bonds is 6. The van der Waals surface area contributed by atoms with Gasteiger partial charge in [-0.3, -0.25) is 0 Å². The highest BCUT2D eigenvalue weighted by atomic mass is 19.1. The van der Waals surface area contributed by atoms with Gasteiger partial charge in [-0.1, -0.05) is 24.3 Å². The molecule has 114 valence electrons. The second-order valence-corrected chi connectivity index (χ2v) is 4.96. The van der Waals surface area contributed by atoms with Crippen LogP contribution in [-0.4, -0.2) is 29.3 Å². The van der Waals surface area contributed by atoms with Crippen LogP contribution in [0.25, 0.3) is 22.4 Å². The lowest BCUT2D eigenvalue weighted by Gasteiger charge is -2.10. The summed E-state index contributed by atoms with van der Waals surface area (Å²) >= 11 is 0. The highest BCUT2D eigenvalue weighted by molar-refractivity contribution is 5.80. The standard InChI is InChI=1S/C17H18FN3O/c18-14-6-2-1-5-13(14)17-20-15-7-3-4-8-16(15)21(17)10-12-22-11-9-19/h1-8H,9-12,19H2. The van der Waals surface area contributed by atoms with E-state index in [0.717, 1.165) is 11.0 Å². The zero-order valence-electron chi connectivity index (χ0n) is 12.2. The van der Waals surface area contributed by atoms with Gasteiger partial charge in [0.05, 0.1) is 29.8 Å². The van der Waals surface area contributed by atoms with Gasteiger partial charge in [0.25, 0.3) is 0 Å². The quantitative estimate of drug-likeness (QED) is 0.712. The van der Waals surface area contributed by atoms with Crippen molar-refractivity contribution in [3.63, 3.8) is 0 Å². The van der Waals surface area contributed by atoms with Crippen molar-refractivity contribution in [2.24, 2.45) is 5.73 Å². The van der Waals surface area contributed by atoms with E-state index in [1.165, 1.54) is 6.07 Å². The fourth-order valence-electron chi connectivity index (χ4n) is 2.49. The molecule has 0 aliphatic carbocycles. The molecule has 4 nitrogen and oxygen atoms in total. The molecule has 0 atom stereocenters. The molecule has 2 N–H and O–H groups in total. The van der Waals surface area contributed by atoms with E-state index in [1.54, 1.807) is 12.1 Å². The van der Waals surface area contributed by atoms with E-state index in [-0.39, 0.29) is 5.82 Å². The van der Waals surface area contributed by atoms with Crippen molar-refractivity contribution in [1.82, 2.24) is 9.55 Å². The SMILES string of the molecule is NCCOCCn1c(-c2ccccc2F)nc2ccccc21.